The Morgan fingerprint density at radius 1 is 1.10 bits per heavy atom. The standard InChI is InChI=1S/C25H31FN2O3/c1-19(25(30)27-21-11-6-7-12-21)28(18-20-10-5-8-15-23(20)26)24(29)16-9-17-31-22-13-3-2-4-14-22/h2-5,8,10,13-15,19,21H,6-7,9,11-12,16-18H2,1H3,(H,27,30). The van der Waals surface area contributed by atoms with Crippen molar-refractivity contribution in [3.63, 3.8) is 0 Å². The van der Waals surface area contributed by atoms with Crippen molar-refractivity contribution in [2.45, 2.75) is 64.1 Å². The molecule has 31 heavy (non-hydrogen) atoms. The molecule has 1 fully saturated rings. The highest BCUT2D eigenvalue weighted by Crippen LogP contribution is 2.19. The SMILES string of the molecule is CC(C(=O)NC1CCCC1)N(Cc1ccccc1F)C(=O)CCCOc1ccccc1. The van der Waals surface area contributed by atoms with Gasteiger partial charge in [-0.15, -0.1) is 0 Å². The number of rotatable bonds is 10. The smallest absolute Gasteiger partial charge is 0.242 e. The molecule has 166 valence electrons. The van der Waals surface area contributed by atoms with Crippen molar-refractivity contribution in [3.05, 3.63) is 66.0 Å². The van der Waals surface area contributed by atoms with Gasteiger partial charge in [-0.2, -0.15) is 0 Å². The van der Waals surface area contributed by atoms with E-state index >= 15 is 0 Å². The molecule has 0 radical (unpaired) electrons. The summed E-state index contributed by atoms with van der Waals surface area (Å²) in [7, 11) is 0. The van der Waals surface area contributed by atoms with Gasteiger partial charge in [0.05, 0.1) is 6.61 Å². The van der Waals surface area contributed by atoms with Crippen LogP contribution in [0.1, 0.15) is 51.0 Å². The number of carbonyl (C=O) groups excluding carboxylic acids is 2. The summed E-state index contributed by atoms with van der Waals surface area (Å²) in [5.41, 5.74) is 0.400. The molecular weight excluding hydrogens is 395 g/mol. The van der Waals surface area contributed by atoms with Crippen LogP contribution in [0.15, 0.2) is 54.6 Å². The quantitative estimate of drug-likeness (QED) is 0.571. The first-order valence-electron chi connectivity index (χ1n) is 11.1. The molecule has 0 aromatic heterocycles. The third kappa shape index (κ3) is 6.81. The maximum Gasteiger partial charge on any atom is 0.242 e. The Balaban J connectivity index is 1.61. The third-order valence-corrected chi connectivity index (χ3v) is 5.71. The van der Waals surface area contributed by atoms with Crippen molar-refractivity contribution >= 4 is 11.8 Å². The fourth-order valence-electron chi connectivity index (χ4n) is 3.86. The van der Waals surface area contributed by atoms with Gasteiger partial charge in [-0.25, -0.2) is 4.39 Å². The number of hydrogen-bond acceptors (Lipinski definition) is 3. The maximum atomic E-state index is 14.2. The Kier molecular flexibility index (Phi) is 8.44. The number of carbonyl (C=O) groups is 2. The number of amides is 2. The van der Waals surface area contributed by atoms with Crippen LogP contribution in [0.3, 0.4) is 0 Å². The summed E-state index contributed by atoms with van der Waals surface area (Å²) in [6.45, 7) is 2.17. The second-order valence-corrected chi connectivity index (χ2v) is 8.04. The van der Waals surface area contributed by atoms with Crippen LogP contribution in [0, 0.1) is 5.82 Å². The molecule has 0 heterocycles. The summed E-state index contributed by atoms with van der Waals surface area (Å²) in [6, 6.07) is 15.3. The predicted molar refractivity (Wildman–Crippen MR) is 118 cm³/mol. The molecule has 2 aromatic carbocycles. The Bertz CT molecular complexity index is 853. The lowest BCUT2D eigenvalue weighted by Crippen LogP contribution is -2.49. The Morgan fingerprint density at radius 3 is 2.48 bits per heavy atom. The number of nitrogens with zero attached hydrogens (tertiary/aromatic N) is 1. The molecule has 0 bridgehead atoms. The lowest BCUT2D eigenvalue weighted by molar-refractivity contribution is -0.141. The van der Waals surface area contributed by atoms with Gasteiger partial charge in [0.2, 0.25) is 11.8 Å². The van der Waals surface area contributed by atoms with Crippen LogP contribution in [0.25, 0.3) is 0 Å². The summed E-state index contributed by atoms with van der Waals surface area (Å²) in [4.78, 5) is 27.3. The van der Waals surface area contributed by atoms with Gasteiger partial charge < -0.3 is 15.0 Å². The molecule has 2 amide bonds. The molecule has 1 unspecified atom stereocenters. The van der Waals surface area contributed by atoms with E-state index in [9.17, 15) is 14.0 Å². The van der Waals surface area contributed by atoms with Crippen LogP contribution in [0.2, 0.25) is 0 Å². The van der Waals surface area contributed by atoms with E-state index in [1.54, 1.807) is 25.1 Å². The zero-order chi connectivity index (χ0) is 22.1. The molecule has 5 nitrogen and oxygen atoms in total. The van der Waals surface area contributed by atoms with Crippen molar-refractivity contribution in [2.75, 3.05) is 6.61 Å². The van der Waals surface area contributed by atoms with Gasteiger partial charge in [0.1, 0.15) is 17.6 Å². The number of halogens is 1. The van der Waals surface area contributed by atoms with Crippen LogP contribution >= 0.6 is 0 Å². The number of ether oxygens (including phenoxy) is 1. The minimum atomic E-state index is -0.678. The number of hydrogen-bond donors (Lipinski definition) is 1. The van der Waals surface area contributed by atoms with E-state index in [0.29, 0.717) is 18.6 Å². The molecule has 0 aliphatic heterocycles. The fraction of sp³-hybridized carbons (Fsp3) is 0.440. The molecule has 0 spiro atoms. The largest absolute Gasteiger partial charge is 0.494 e. The predicted octanol–water partition coefficient (Wildman–Crippen LogP) is 4.46. The van der Waals surface area contributed by atoms with Gasteiger partial charge in [-0.3, -0.25) is 9.59 Å². The maximum absolute atomic E-state index is 14.2. The molecule has 1 saturated carbocycles. The van der Waals surface area contributed by atoms with Crippen molar-refractivity contribution in [1.82, 2.24) is 10.2 Å². The number of para-hydroxylation sites is 1. The average Bonchev–Trinajstić information content (AvgIpc) is 3.29. The highest BCUT2D eigenvalue weighted by atomic mass is 19.1. The van der Waals surface area contributed by atoms with Crippen LogP contribution in [-0.4, -0.2) is 35.4 Å². The first kappa shape index (κ1) is 22.8. The van der Waals surface area contributed by atoms with Crippen molar-refractivity contribution in [3.8, 4) is 5.75 Å². The zero-order valence-corrected chi connectivity index (χ0v) is 18.1. The Hall–Kier alpha value is -2.89. The molecule has 3 rings (SSSR count). The Morgan fingerprint density at radius 2 is 1.77 bits per heavy atom. The normalized spacial score (nSPS) is 14.8. The van der Waals surface area contributed by atoms with Crippen LogP contribution < -0.4 is 10.1 Å². The Labute approximate surface area is 183 Å². The summed E-state index contributed by atoms with van der Waals surface area (Å²) in [6.07, 6.45) is 4.89. The molecular formula is C25H31FN2O3. The van der Waals surface area contributed by atoms with E-state index in [1.165, 1.54) is 11.0 Å². The minimum Gasteiger partial charge on any atom is -0.494 e. The first-order valence-corrected chi connectivity index (χ1v) is 11.1. The van der Waals surface area contributed by atoms with E-state index in [0.717, 1.165) is 31.4 Å². The van der Waals surface area contributed by atoms with E-state index in [2.05, 4.69) is 5.32 Å². The topological polar surface area (TPSA) is 58.6 Å². The van der Waals surface area contributed by atoms with E-state index < -0.39 is 6.04 Å². The van der Waals surface area contributed by atoms with Crippen molar-refractivity contribution in [1.29, 1.82) is 0 Å². The second kappa shape index (κ2) is 11.5. The van der Waals surface area contributed by atoms with E-state index in [1.807, 2.05) is 30.3 Å². The molecule has 1 aliphatic rings. The summed E-state index contributed by atoms with van der Waals surface area (Å²) in [5, 5.41) is 3.05. The van der Waals surface area contributed by atoms with E-state index in [4.69, 9.17) is 4.74 Å². The minimum absolute atomic E-state index is 0.0598. The molecule has 6 heteroatoms. The summed E-state index contributed by atoms with van der Waals surface area (Å²) in [5.74, 6) is 0.00435. The van der Waals surface area contributed by atoms with E-state index in [-0.39, 0.29) is 36.6 Å². The molecule has 1 aliphatic carbocycles. The van der Waals surface area contributed by atoms with Gasteiger partial charge in [0, 0.05) is 24.6 Å². The van der Waals surface area contributed by atoms with Gasteiger partial charge in [0.25, 0.3) is 0 Å². The highest BCUT2D eigenvalue weighted by molar-refractivity contribution is 5.87. The zero-order valence-electron chi connectivity index (χ0n) is 18.1. The summed E-state index contributed by atoms with van der Waals surface area (Å²) >= 11 is 0. The van der Waals surface area contributed by atoms with Crippen LogP contribution in [0.5, 0.6) is 5.75 Å². The van der Waals surface area contributed by atoms with Crippen molar-refractivity contribution in [2.24, 2.45) is 0 Å². The molecule has 1 atom stereocenters. The van der Waals surface area contributed by atoms with Gasteiger partial charge in [-0.1, -0.05) is 49.2 Å². The summed E-state index contributed by atoms with van der Waals surface area (Å²) < 4.78 is 19.9. The lowest BCUT2D eigenvalue weighted by Gasteiger charge is -2.30. The van der Waals surface area contributed by atoms with Crippen molar-refractivity contribution < 1.29 is 18.7 Å². The second-order valence-electron chi connectivity index (χ2n) is 8.04. The van der Waals surface area contributed by atoms with Gasteiger partial charge in [-0.05, 0) is 44.4 Å². The molecule has 1 N–H and O–H groups in total. The highest BCUT2D eigenvalue weighted by Gasteiger charge is 2.28. The van der Waals surface area contributed by atoms with Crippen LogP contribution in [-0.2, 0) is 16.1 Å². The lowest BCUT2D eigenvalue weighted by atomic mass is 10.1. The third-order valence-electron chi connectivity index (χ3n) is 5.71. The monoisotopic (exact) mass is 426 g/mol. The molecule has 0 saturated heterocycles. The number of benzene rings is 2. The first-order chi connectivity index (χ1) is 15.0. The average molecular weight is 427 g/mol. The van der Waals surface area contributed by atoms with Gasteiger partial charge in [0.15, 0.2) is 0 Å². The molecule has 2 aromatic rings. The number of nitrogens with one attached hydrogen (secondary N) is 1. The fourth-order valence-corrected chi connectivity index (χ4v) is 3.86. The van der Waals surface area contributed by atoms with Crippen LogP contribution in [0.4, 0.5) is 4.39 Å². The van der Waals surface area contributed by atoms with Gasteiger partial charge >= 0.3 is 0 Å².